The minimum atomic E-state index is -0.457. The first-order chi connectivity index (χ1) is 9.43. The van der Waals surface area contributed by atoms with Gasteiger partial charge in [0.15, 0.2) is 0 Å². The third-order valence-corrected chi connectivity index (χ3v) is 5.15. The van der Waals surface area contributed by atoms with Crippen LogP contribution in [0.25, 0.3) is 0 Å². The monoisotopic (exact) mass is 392 g/mol. The predicted molar refractivity (Wildman–Crippen MR) is 85.4 cm³/mol. The molecule has 1 N–H and O–H groups in total. The zero-order chi connectivity index (χ0) is 14.9. The van der Waals surface area contributed by atoms with E-state index in [2.05, 4.69) is 19.2 Å². The highest BCUT2D eigenvalue weighted by Gasteiger charge is 2.32. The van der Waals surface area contributed by atoms with Crippen molar-refractivity contribution >= 4 is 34.0 Å². The molecule has 0 aliphatic heterocycles. The molecule has 1 fully saturated rings. The third kappa shape index (κ3) is 3.05. The van der Waals surface area contributed by atoms with Crippen LogP contribution >= 0.6 is 22.6 Å². The third-order valence-electron chi connectivity index (χ3n) is 4.33. The number of nitrogens with one attached hydrogen (secondary N) is 1. The lowest BCUT2D eigenvalue weighted by molar-refractivity contribution is -0.384. The Bertz CT molecular complexity index is 524. The molecule has 0 radical (unpaired) electrons. The maximum absolute atomic E-state index is 13.7. The number of nitrogens with zero attached hydrogens (tertiary/aromatic N) is 1. The molecule has 4 nitrogen and oxygen atoms in total. The molecule has 0 aromatic heterocycles. The quantitative estimate of drug-likeness (QED) is 0.464. The predicted octanol–water partition coefficient (Wildman–Crippen LogP) is 4.58. The molecule has 0 heterocycles. The van der Waals surface area contributed by atoms with Crippen LogP contribution < -0.4 is 5.32 Å². The normalized spacial score (nSPS) is 25.7. The van der Waals surface area contributed by atoms with Gasteiger partial charge in [-0.3, -0.25) is 10.1 Å². The maximum atomic E-state index is 13.7. The summed E-state index contributed by atoms with van der Waals surface area (Å²) < 4.78 is 13.9. The summed E-state index contributed by atoms with van der Waals surface area (Å²) in [5, 5.41) is 14.3. The molecule has 1 aliphatic carbocycles. The second kappa shape index (κ2) is 6.24. The summed E-state index contributed by atoms with van der Waals surface area (Å²) in [6, 6.07) is 2.71. The van der Waals surface area contributed by atoms with Gasteiger partial charge in [0, 0.05) is 18.2 Å². The van der Waals surface area contributed by atoms with Gasteiger partial charge in [0.25, 0.3) is 5.69 Å². The average Bonchev–Trinajstić information content (AvgIpc) is 2.74. The van der Waals surface area contributed by atoms with Crippen LogP contribution in [0.1, 0.15) is 33.1 Å². The van der Waals surface area contributed by atoms with Gasteiger partial charge >= 0.3 is 0 Å². The first-order valence-electron chi connectivity index (χ1n) is 6.84. The van der Waals surface area contributed by atoms with Crippen molar-refractivity contribution in [2.75, 3.05) is 5.32 Å². The largest absolute Gasteiger partial charge is 0.376 e. The van der Waals surface area contributed by atoms with Crippen LogP contribution in [-0.4, -0.2) is 11.0 Å². The Morgan fingerprint density at radius 2 is 2.20 bits per heavy atom. The van der Waals surface area contributed by atoms with E-state index in [9.17, 15) is 14.5 Å². The Morgan fingerprint density at radius 1 is 1.50 bits per heavy atom. The minimum absolute atomic E-state index is 0.0528. The molecule has 0 saturated heterocycles. The topological polar surface area (TPSA) is 55.2 Å². The summed E-state index contributed by atoms with van der Waals surface area (Å²) in [4.78, 5) is 10.6. The van der Waals surface area contributed by atoms with Gasteiger partial charge in [-0.15, -0.1) is 0 Å². The Labute approximate surface area is 131 Å². The fourth-order valence-corrected chi connectivity index (χ4v) is 3.48. The van der Waals surface area contributed by atoms with Crippen molar-refractivity contribution in [2.24, 2.45) is 11.8 Å². The fraction of sp³-hybridized carbons (Fsp3) is 0.571. The molecule has 1 saturated carbocycles. The number of nitro groups is 1. The first kappa shape index (κ1) is 15.5. The van der Waals surface area contributed by atoms with Gasteiger partial charge in [-0.2, -0.15) is 0 Å². The minimum Gasteiger partial charge on any atom is -0.376 e. The summed E-state index contributed by atoms with van der Waals surface area (Å²) in [7, 11) is 0. The lowest BCUT2D eigenvalue weighted by Gasteiger charge is -2.22. The van der Waals surface area contributed by atoms with Crippen LogP contribution in [0.3, 0.4) is 0 Å². The van der Waals surface area contributed by atoms with Crippen molar-refractivity contribution in [1.29, 1.82) is 0 Å². The Kier molecular flexibility index (Phi) is 4.82. The van der Waals surface area contributed by atoms with Crippen LogP contribution in [-0.2, 0) is 0 Å². The molecule has 0 bridgehead atoms. The smallest absolute Gasteiger partial charge is 0.293 e. The molecule has 1 aromatic rings. The van der Waals surface area contributed by atoms with E-state index in [0.717, 1.165) is 19.3 Å². The standard InChI is InChI=1S/C14H18FIN2O2/c1-3-9-4-5-12(8(9)2)17-13-6-10(15)11(16)7-14(13)18(19)20/h6-9,12,17H,3-5H2,1-2H3. The van der Waals surface area contributed by atoms with Gasteiger partial charge in [-0.05, 0) is 47.3 Å². The van der Waals surface area contributed by atoms with Crippen molar-refractivity contribution < 1.29 is 9.31 Å². The number of hydrogen-bond donors (Lipinski definition) is 1. The second-order valence-corrected chi connectivity index (χ2v) is 6.56. The molecule has 2 rings (SSSR count). The van der Waals surface area contributed by atoms with Crippen LogP contribution in [0.2, 0.25) is 0 Å². The van der Waals surface area contributed by atoms with E-state index in [-0.39, 0.29) is 15.3 Å². The molecule has 1 aliphatic rings. The van der Waals surface area contributed by atoms with E-state index < -0.39 is 10.7 Å². The van der Waals surface area contributed by atoms with Crippen molar-refractivity contribution in [3.63, 3.8) is 0 Å². The molecule has 6 heteroatoms. The van der Waals surface area contributed by atoms with Gasteiger partial charge in [0.05, 0.1) is 8.49 Å². The summed E-state index contributed by atoms with van der Waals surface area (Å²) in [5.41, 5.74) is 0.240. The lowest BCUT2D eigenvalue weighted by atomic mass is 9.93. The number of hydrogen-bond acceptors (Lipinski definition) is 3. The number of rotatable bonds is 4. The van der Waals surface area contributed by atoms with E-state index in [4.69, 9.17) is 0 Å². The molecule has 3 unspecified atom stereocenters. The van der Waals surface area contributed by atoms with Crippen LogP contribution in [0.5, 0.6) is 0 Å². The average molecular weight is 392 g/mol. The van der Waals surface area contributed by atoms with E-state index in [0.29, 0.717) is 17.5 Å². The molecule has 20 heavy (non-hydrogen) atoms. The highest BCUT2D eigenvalue weighted by atomic mass is 127. The van der Waals surface area contributed by atoms with Crippen molar-refractivity contribution in [3.05, 3.63) is 31.6 Å². The summed E-state index contributed by atoms with van der Waals surface area (Å²) in [5.74, 6) is 0.665. The molecule has 1 aromatic carbocycles. The van der Waals surface area contributed by atoms with E-state index in [1.54, 1.807) is 22.6 Å². The van der Waals surface area contributed by atoms with Crippen molar-refractivity contribution in [2.45, 2.75) is 39.2 Å². The van der Waals surface area contributed by atoms with E-state index >= 15 is 0 Å². The number of benzene rings is 1. The molecular weight excluding hydrogens is 374 g/mol. The zero-order valence-electron chi connectivity index (χ0n) is 11.5. The first-order valence-corrected chi connectivity index (χ1v) is 7.91. The van der Waals surface area contributed by atoms with Crippen molar-refractivity contribution in [1.82, 2.24) is 0 Å². The van der Waals surface area contributed by atoms with E-state index in [1.807, 2.05) is 0 Å². The molecule has 3 atom stereocenters. The van der Waals surface area contributed by atoms with Gasteiger partial charge in [0.1, 0.15) is 11.5 Å². The Hall–Kier alpha value is -0.920. The summed E-state index contributed by atoms with van der Waals surface area (Å²) in [6.45, 7) is 4.32. The number of halogens is 2. The summed E-state index contributed by atoms with van der Waals surface area (Å²) in [6.07, 6.45) is 3.21. The SMILES string of the molecule is CCC1CCC(Nc2cc(F)c(I)cc2[N+](=O)[O-])C1C. The lowest BCUT2D eigenvalue weighted by Crippen LogP contribution is -2.25. The Morgan fingerprint density at radius 3 is 2.75 bits per heavy atom. The number of nitro benzene ring substituents is 1. The van der Waals surface area contributed by atoms with Gasteiger partial charge in [-0.1, -0.05) is 20.3 Å². The van der Waals surface area contributed by atoms with Crippen molar-refractivity contribution in [3.8, 4) is 0 Å². The second-order valence-electron chi connectivity index (χ2n) is 5.40. The summed E-state index contributed by atoms with van der Waals surface area (Å²) >= 11 is 1.77. The molecular formula is C14H18FIN2O2. The Balaban J connectivity index is 2.25. The highest BCUT2D eigenvalue weighted by Crippen LogP contribution is 2.38. The zero-order valence-corrected chi connectivity index (χ0v) is 13.7. The van der Waals surface area contributed by atoms with Crippen LogP contribution in [0.15, 0.2) is 12.1 Å². The molecule has 0 amide bonds. The van der Waals surface area contributed by atoms with Gasteiger partial charge in [-0.25, -0.2) is 4.39 Å². The number of anilines is 1. The van der Waals surface area contributed by atoms with Crippen LogP contribution in [0, 0.1) is 31.3 Å². The molecule has 110 valence electrons. The fourth-order valence-electron chi connectivity index (χ4n) is 3.03. The van der Waals surface area contributed by atoms with E-state index in [1.165, 1.54) is 12.1 Å². The highest BCUT2D eigenvalue weighted by molar-refractivity contribution is 14.1. The van der Waals surface area contributed by atoms with Gasteiger partial charge in [0.2, 0.25) is 0 Å². The van der Waals surface area contributed by atoms with Crippen LogP contribution in [0.4, 0.5) is 15.8 Å². The molecule has 0 spiro atoms. The maximum Gasteiger partial charge on any atom is 0.293 e. The van der Waals surface area contributed by atoms with Gasteiger partial charge < -0.3 is 5.32 Å².